The Morgan fingerprint density at radius 1 is 1.20 bits per heavy atom. The second-order valence-electron chi connectivity index (χ2n) is 5.30. The lowest BCUT2D eigenvalue weighted by molar-refractivity contribution is -0.784. The highest BCUT2D eigenvalue weighted by molar-refractivity contribution is 6.30. The van der Waals surface area contributed by atoms with Gasteiger partial charge >= 0.3 is 11.7 Å². The maximum atomic E-state index is 12.3. The van der Waals surface area contributed by atoms with Crippen LogP contribution in [0.25, 0.3) is 0 Å². The van der Waals surface area contributed by atoms with Crippen molar-refractivity contribution in [2.45, 2.75) is 12.6 Å². The molecule has 0 aliphatic carbocycles. The largest absolute Gasteiger partial charge is 0.427 e. The van der Waals surface area contributed by atoms with Crippen LogP contribution < -0.4 is 15.6 Å². The summed E-state index contributed by atoms with van der Waals surface area (Å²) in [5.74, 6) is 0. The number of aliphatic hydroxyl groups is 1. The third-order valence-corrected chi connectivity index (χ3v) is 3.73. The van der Waals surface area contributed by atoms with Crippen molar-refractivity contribution in [3.05, 3.63) is 81.8 Å². The SMILES string of the molecule is O=C(Nc1ccc(Cl)cc1)n1oc(=O)c[n+]1CC(O)c1ccccc1. The second-order valence-corrected chi connectivity index (χ2v) is 5.73. The number of hydrogen-bond acceptors (Lipinski definition) is 4. The van der Waals surface area contributed by atoms with Gasteiger partial charge in [0.25, 0.3) is 6.20 Å². The fourth-order valence-electron chi connectivity index (χ4n) is 2.28. The van der Waals surface area contributed by atoms with Gasteiger partial charge in [-0.1, -0.05) is 46.6 Å². The highest BCUT2D eigenvalue weighted by Gasteiger charge is 2.25. The molecule has 3 aromatic rings. The van der Waals surface area contributed by atoms with Crippen molar-refractivity contribution < 1.29 is 19.1 Å². The number of carbonyl (C=O) groups excluding carboxylic acids is 1. The first-order valence-corrected chi connectivity index (χ1v) is 7.84. The summed E-state index contributed by atoms with van der Waals surface area (Å²) in [6, 6.07) is 14.7. The lowest BCUT2D eigenvalue weighted by Crippen LogP contribution is -2.48. The molecule has 0 spiro atoms. The number of benzene rings is 2. The zero-order valence-corrected chi connectivity index (χ0v) is 13.8. The molecule has 0 fully saturated rings. The second kappa shape index (κ2) is 7.33. The van der Waals surface area contributed by atoms with Crippen molar-refractivity contribution >= 4 is 23.3 Å². The van der Waals surface area contributed by atoms with E-state index >= 15 is 0 Å². The first kappa shape index (κ1) is 16.9. The molecule has 3 rings (SSSR count). The number of nitrogens with zero attached hydrogens (tertiary/aromatic N) is 2. The lowest BCUT2D eigenvalue weighted by Gasteiger charge is -2.07. The average Bonchev–Trinajstić information content (AvgIpc) is 2.98. The first-order chi connectivity index (χ1) is 12.0. The lowest BCUT2D eigenvalue weighted by atomic mass is 10.1. The van der Waals surface area contributed by atoms with E-state index in [1.165, 1.54) is 4.68 Å². The number of halogens is 1. The van der Waals surface area contributed by atoms with Crippen molar-refractivity contribution in [3.8, 4) is 0 Å². The number of anilines is 1. The minimum absolute atomic E-state index is 0.0240. The third kappa shape index (κ3) is 4.14. The topological polar surface area (TPSA) is 88.4 Å². The van der Waals surface area contributed by atoms with Crippen LogP contribution in [-0.4, -0.2) is 16.0 Å². The normalized spacial score (nSPS) is 11.9. The van der Waals surface area contributed by atoms with Gasteiger partial charge in [0.1, 0.15) is 6.10 Å². The number of aromatic nitrogens is 2. The summed E-state index contributed by atoms with van der Waals surface area (Å²) in [6.07, 6.45) is 0.200. The highest BCUT2D eigenvalue weighted by Crippen LogP contribution is 2.14. The van der Waals surface area contributed by atoms with Gasteiger partial charge in [-0.25, -0.2) is 9.59 Å². The molecule has 0 aliphatic rings. The quantitative estimate of drug-likeness (QED) is 0.698. The van der Waals surface area contributed by atoms with Crippen LogP contribution in [0.4, 0.5) is 10.5 Å². The summed E-state index contributed by atoms with van der Waals surface area (Å²) < 4.78 is 6.10. The zero-order chi connectivity index (χ0) is 17.8. The van der Waals surface area contributed by atoms with Crippen LogP contribution in [-0.2, 0) is 6.54 Å². The van der Waals surface area contributed by atoms with Crippen LogP contribution in [0.3, 0.4) is 0 Å². The van der Waals surface area contributed by atoms with Crippen LogP contribution in [0, 0.1) is 0 Å². The predicted molar refractivity (Wildman–Crippen MR) is 90.4 cm³/mol. The number of rotatable bonds is 4. The Bertz CT molecular complexity index is 919. The number of carbonyl (C=O) groups is 1. The molecule has 2 aromatic carbocycles. The maximum Gasteiger partial charge on any atom is 0.427 e. The Morgan fingerprint density at radius 2 is 1.88 bits per heavy atom. The van der Waals surface area contributed by atoms with Crippen molar-refractivity contribution in [2.75, 3.05) is 5.32 Å². The van der Waals surface area contributed by atoms with E-state index in [0.717, 1.165) is 11.1 Å². The van der Waals surface area contributed by atoms with E-state index in [0.29, 0.717) is 16.3 Å². The third-order valence-electron chi connectivity index (χ3n) is 3.48. The Kier molecular flexibility index (Phi) is 4.97. The fourth-order valence-corrected chi connectivity index (χ4v) is 2.41. The van der Waals surface area contributed by atoms with Crippen molar-refractivity contribution in [1.82, 2.24) is 4.85 Å². The van der Waals surface area contributed by atoms with Gasteiger partial charge in [0.2, 0.25) is 6.54 Å². The monoisotopic (exact) mass is 360 g/mol. The van der Waals surface area contributed by atoms with E-state index in [1.54, 1.807) is 48.5 Å². The first-order valence-electron chi connectivity index (χ1n) is 7.46. The molecular weight excluding hydrogens is 346 g/mol. The molecule has 1 heterocycles. The molecule has 0 saturated carbocycles. The van der Waals surface area contributed by atoms with E-state index in [2.05, 4.69) is 5.32 Å². The summed E-state index contributed by atoms with van der Waals surface area (Å²) >= 11 is 5.80. The molecule has 0 bridgehead atoms. The maximum absolute atomic E-state index is 12.3. The molecule has 1 aromatic heterocycles. The molecule has 25 heavy (non-hydrogen) atoms. The van der Waals surface area contributed by atoms with Crippen LogP contribution in [0.2, 0.25) is 5.02 Å². The molecule has 1 amide bonds. The van der Waals surface area contributed by atoms with Crippen LogP contribution >= 0.6 is 11.6 Å². The van der Waals surface area contributed by atoms with Crippen molar-refractivity contribution in [3.63, 3.8) is 0 Å². The van der Waals surface area contributed by atoms with Crippen molar-refractivity contribution in [2.24, 2.45) is 0 Å². The predicted octanol–water partition coefficient (Wildman–Crippen LogP) is 2.20. The average molecular weight is 361 g/mol. The van der Waals surface area contributed by atoms with Gasteiger partial charge < -0.3 is 10.4 Å². The van der Waals surface area contributed by atoms with E-state index < -0.39 is 17.8 Å². The molecule has 2 N–H and O–H groups in total. The van der Waals surface area contributed by atoms with Gasteiger partial charge in [0, 0.05) is 10.7 Å². The Balaban J connectivity index is 1.79. The van der Waals surface area contributed by atoms with E-state index in [-0.39, 0.29) is 6.54 Å². The fraction of sp³-hybridized carbons (Fsp3) is 0.118. The molecule has 0 radical (unpaired) electrons. The van der Waals surface area contributed by atoms with E-state index in [4.69, 9.17) is 16.1 Å². The molecule has 1 unspecified atom stereocenters. The Hall–Kier alpha value is -2.90. The van der Waals surface area contributed by atoms with Gasteiger partial charge in [-0.05, 0) is 29.8 Å². The highest BCUT2D eigenvalue weighted by atomic mass is 35.5. The number of nitrogens with one attached hydrogen (secondary N) is 1. The van der Waals surface area contributed by atoms with Crippen molar-refractivity contribution in [1.29, 1.82) is 0 Å². The molecule has 1 atom stereocenters. The molecule has 0 saturated heterocycles. The molecule has 0 aliphatic heterocycles. The standard InChI is InChI=1S/C17H14ClN3O4/c18-13-6-8-14(9-7-13)19-17(24)21-20(11-16(23)25-21)10-15(22)12-4-2-1-3-5-12/h1-9,11,15,22H,10H2/p+1. The molecule has 7 nitrogen and oxygen atoms in total. The number of amides is 1. The molecular formula is C17H15ClN3O4+. The van der Waals surface area contributed by atoms with E-state index in [1.807, 2.05) is 6.07 Å². The number of hydrogen-bond donors (Lipinski definition) is 2. The van der Waals surface area contributed by atoms with E-state index in [9.17, 15) is 14.7 Å². The van der Waals surface area contributed by atoms with Crippen LogP contribution in [0.1, 0.15) is 11.7 Å². The van der Waals surface area contributed by atoms with Gasteiger partial charge in [-0.3, -0.25) is 4.52 Å². The molecule has 128 valence electrons. The van der Waals surface area contributed by atoms with Gasteiger partial charge in [-0.2, -0.15) is 0 Å². The summed E-state index contributed by atoms with van der Waals surface area (Å²) in [6.45, 7) is -0.0240. The van der Waals surface area contributed by atoms with Gasteiger partial charge in [-0.15, -0.1) is 0 Å². The minimum Gasteiger partial charge on any atom is -0.382 e. The van der Waals surface area contributed by atoms with Crippen LogP contribution in [0.5, 0.6) is 0 Å². The number of aliphatic hydroxyl groups excluding tert-OH is 1. The van der Waals surface area contributed by atoms with Crippen LogP contribution in [0.15, 0.2) is 70.1 Å². The summed E-state index contributed by atoms with van der Waals surface area (Å²) in [5, 5.41) is 13.4. The smallest absolute Gasteiger partial charge is 0.382 e. The van der Waals surface area contributed by atoms with Gasteiger partial charge in [0.05, 0.1) is 4.85 Å². The van der Waals surface area contributed by atoms with Gasteiger partial charge in [0.15, 0.2) is 0 Å². The Labute approximate surface area is 147 Å². The summed E-state index contributed by atoms with van der Waals surface area (Å²) in [5.41, 5.74) is 0.445. The molecule has 8 heteroatoms. The zero-order valence-electron chi connectivity index (χ0n) is 13.0. The summed E-state index contributed by atoms with van der Waals surface area (Å²) in [4.78, 5) is 24.6. The summed E-state index contributed by atoms with van der Waals surface area (Å²) in [7, 11) is 0. The Morgan fingerprint density at radius 3 is 2.56 bits per heavy atom. The minimum atomic E-state index is -0.905.